The van der Waals surface area contributed by atoms with Gasteiger partial charge >= 0.3 is 0 Å². The van der Waals surface area contributed by atoms with Crippen LogP contribution in [0.1, 0.15) is 83.5 Å². The monoisotopic (exact) mass is 326 g/mol. The smallest absolute Gasteiger partial charge is 0.268 e. The van der Waals surface area contributed by atoms with Crippen LogP contribution in [-0.2, 0) is 6.42 Å². The molecule has 1 aromatic rings. The lowest BCUT2D eigenvalue weighted by molar-refractivity contribution is -0.0167. The Bertz CT molecular complexity index is 695. The molecular weight excluding hydrogens is 300 g/mol. The quantitative estimate of drug-likeness (QED) is 0.873. The van der Waals surface area contributed by atoms with Crippen LogP contribution in [0.15, 0.2) is 0 Å². The topological polar surface area (TPSA) is 62.0 Å². The Morgan fingerprint density at radius 1 is 1.08 bits per heavy atom. The van der Waals surface area contributed by atoms with Gasteiger partial charge in [0.1, 0.15) is 5.69 Å². The van der Waals surface area contributed by atoms with E-state index >= 15 is 0 Å². The van der Waals surface area contributed by atoms with Gasteiger partial charge in [0.05, 0.1) is 0 Å². The SMILES string of the molecule is Cc1c(C(=O)NC23CC4CC(CC(C4)C2)C3)[nH]c2c1C(=O)CCC2. The van der Waals surface area contributed by atoms with E-state index in [-0.39, 0.29) is 17.2 Å². The highest BCUT2D eigenvalue weighted by atomic mass is 16.2. The molecule has 0 saturated heterocycles. The number of aryl methyl sites for hydroxylation is 1. The molecule has 1 amide bonds. The van der Waals surface area contributed by atoms with Crippen LogP contribution in [-0.4, -0.2) is 22.2 Å². The van der Waals surface area contributed by atoms with Crippen molar-refractivity contribution >= 4 is 11.7 Å². The van der Waals surface area contributed by atoms with E-state index in [0.717, 1.165) is 66.7 Å². The fourth-order valence-electron chi connectivity index (χ4n) is 6.57. The van der Waals surface area contributed by atoms with E-state index in [4.69, 9.17) is 0 Å². The van der Waals surface area contributed by atoms with Crippen LogP contribution in [0.3, 0.4) is 0 Å². The Balaban J connectivity index is 1.43. The number of hydrogen-bond acceptors (Lipinski definition) is 2. The second kappa shape index (κ2) is 4.96. The lowest BCUT2D eigenvalue weighted by Crippen LogP contribution is -2.59. The largest absolute Gasteiger partial charge is 0.354 e. The van der Waals surface area contributed by atoms with Gasteiger partial charge in [-0.2, -0.15) is 0 Å². The predicted molar refractivity (Wildman–Crippen MR) is 91.2 cm³/mol. The van der Waals surface area contributed by atoms with Crippen LogP contribution in [0.2, 0.25) is 0 Å². The van der Waals surface area contributed by atoms with Crippen molar-refractivity contribution in [3.8, 4) is 0 Å². The Morgan fingerprint density at radius 3 is 2.29 bits per heavy atom. The van der Waals surface area contributed by atoms with Gasteiger partial charge in [0.25, 0.3) is 5.91 Å². The van der Waals surface area contributed by atoms with E-state index < -0.39 is 0 Å². The van der Waals surface area contributed by atoms with Crippen LogP contribution >= 0.6 is 0 Å². The molecule has 1 aromatic heterocycles. The van der Waals surface area contributed by atoms with Crippen molar-refractivity contribution in [2.24, 2.45) is 17.8 Å². The van der Waals surface area contributed by atoms with Crippen LogP contribution in [0.5, 0.6) is 0 Å². The molecule has 4 bridgehead atoms. The molecule has 4 fully saturated rings. The van der Waals surface area contributed by atoms with Crippen molar-refractivity contribution in [2.45, 2.75) is 70.3 Å². The second-order valence-electron chi connectivity index (χ2n) is 8.91. The summed E-state index contributed by atoms with van der Waals surface area (Å²) in [5.74, 6) is 2.65. The summed E-state index contributed by atoms with van der Waals surface area (Å²) < 4.78 is 0. The van der Waals surface area contributed by atoms with Gasteiger partial charge < -0.3 is 10.3 Å². The van der Waals surface area contributed by atoms with E-state index in [0.29, 0.717) is 12.1 Å². The van der Waals surface area contributed by atoms with Crippen molar-refractivity contribution < 1.29 is 9.59 Å². The Kier molecular flexibility index (Phi) is 3.05. The third-order valence-corrected chi connectivity index (χ3v) is 7.08. The molecule has 0 aromatic carbocycles. The van der Waals surface area contributed by atoms with E-state index in [1.165, 1.54) is 19.3 Å². The summed E-state index contributed by atoms with van der Waals surface area (Å²) in [7, 11) is 0. The highest BCUT2D eigenvalue weighted by Gasteiger charge is 2.51. The third kappa shape index (κ3) is 2.11. The minimum atomic E-state index is 0.0108. The molecular formula is C20H26N2O2. The maximum Gasteiger partial charge on any atom is 0.268 e. The van der Waals surface area contributed by atoms with Gasteiger partial charge in [-0.25, -0.2) is 0 Å². The number of rotatable bonds is 2. The molecule has 4 nitrogen and oxygen atoms in total. The van der Waals surface area contributed by atoms with Gasteiger partial charge in [-0.3, -0.25) is 9.59 Å². The summed E-state index contributed by atoms with van der Waals surface area (Å²) in [5.41, 5.74) is 3.27. The molecule has 6 rings (SSSR count). The summed E-state index contributed by atoms with van der Waals surface area (Å²) in [6, 6.07) is 0. The van der Waals surface area contributed by atoms with Gasteiger partial charge in [0.2, 0.25) is 0 Å². The number of aromatic amines is 1. The Hall–Kier alpha value is -1.58. The van der Waals surface area contributed by atoms with E-state index in [2.05, 4.69) is 10.3 Å². The van der Waals surface area contributed by atoms with Crippen LogP contribution in [0.4, 0.5) is 0 Å². The number of ketones is 1. The fraction of sp³-hybridized carbons (Fsp3) is 0.700. The first kappa shape index (κ1) is 14.7. The molecule has 4 heteroatoms. The normalized spacial score (nSPS) is 36.7. The molecule has 5 aliphatic carbocycles. The Labute approximate surface area is 142 Å². The Morgan fingerprint density at radius 2 is 1.71 bits per heavy atom. The standard InChI is InChI=1S/C20H26N2O2/c1-11-17-15(3-2-4-16(17)23)21-18(11)19(24)22-20-8-12-5-13(9-20)7-14(6-12)10-20/h12-14,21H,2-10H2,1H3,(H,22,24). The number of hydrogen-bond donors (Lipinski definition) is 2. The zero-order chi connectivity index (χ0) is 16.5. The van der Waals surface area contributed by atoms with Gasteiger partial charge in [-0.1, -0.05) is 0 Å². The second-order valence-corrected chi connectivity index (χ2v) is 8.91. The molecule has 1 heterocycles. The summed E-state index contributed by atoms with van der Waals surface area (Å²) in [6.45, 7) is 1.92. The van der Waals surface area contributed by atoms with E-state index in [1.54, 1.807) is 0 Å². The summed E-state index contributed by atoms with van der Waals surface area (Å²) >= 11 is 0. The number of Topliss-reactive ketones (excluding diaryl/α,β-unsaturated/α-hetero) is 1. The maximum absolute atomic E-state index is 13.0. The van der Waals surface area contributed by atoms with E-state index in [1.807, 2.05) is 6.92 Å². The van der Waals surface area contributed by atoms with Crippen molar-refractivity contribution in [3.05, 3.63) is 22.5 Å². The minimum Gasteiger partial charge on any atom is -0.354 e. The minimum absolute atomic E-state index is 0.0108. The number of aromatic nitrogens is 1. The highest BCUT2D eigenvalue weighted by molar-refractivity contribution is 6.04. The zero-order valence-corrected chi connectivity index (χ0v) is 14.4. The van der Waals surface area contributed by atoms with Gasteiger partial charge in [0.15, 0.2) is 5.78 Å². The lowest BCUT2D eigenvalue weighted by Gasteiger charge is -2.56. The average molecular weight is 326 g/mol. The lowest BCUT2D eigenvalue weighted by atomic mass is 9.53. The van der Waals surface area contributed by atoms with Crippen molar-refractivity contribution in [2.75, 3.05) is 0 Å². The predicted octanol–water partition coefficient (Wildman–Crippen LogP) is 3.54. The van der Waals surface area contributed by atoms with Crippen LogP contribution in [0, 0.1) is 24.7 Å². The summed E-state index contributed by atoms with van der Waals surface area (Å²) in [4.78, 5) is 28.5. The number of amides is 1. The van der Waals surface area contributed by atoms with Crippen molar-refractivity contribution in [1.29, 1.82) is 0 Å². The number of carbonyl (C=O) groups excluding carboxylic acids is 2. The maximum atomic E-state index is 13.0. The first-order valence-electron chi connectivity index (χ1n) is 9.60. The molecule has 5 aliphatic rings. The van der Waals surface area contributed by atoms with Crippen molar-refractivity contribution in [3.63, 3.8) is 0 Å². The summed E-state index contributed by atoms with van der Waals surface area (Å²) in [6.07, 6.45) is 9.98. The third-order valence-electron chi connectivity index (χ3n) is 7.08. The molecule has 0 radical (unpaired) electrons. The van der Waals surface area contributed by atoms with Crippen molar-refractivity contribution in [1.82, 2.24) is 10.3 Å². The number of nitrogens with one attached hydrogen (secondary N) is 2. The molecule has 2 N–H and O–H groups in total. The van der Waals surface area contributed by atoms with E-state index in [9.17, 15) is 9.59 Å². The molecule has 0 spiro atoms. The molecule has 24 heavy (non-hydrogen) atoms. The van der Waals surface area contributed by atoms with Gasteiger partial charge in [-0.15, -0.1) is 0 Å². The highest BCUT2D eigenvalue weighted by Crippen LogP contribution is 2.55. The van der Waals surface area contributed by atoms with Crippen LogP contribution in [0.25, 0.3) is 0 Å². The summed E-state index contributed by atoms with van der Waals surface area (Å²) in [5, 5.41) is 3.42. The number of carbonyl (C=O) groups is 2. The molecule has 0 atom stereocenters. The number of fused-ring (bicyclic) bond motifs is 1. The molecule has 4 saturated carbocycles. The number of H-pyrrole nitrogens is 1. The first-order chi connectivity index (χ1) is 11.5. The fourth-order valence-corrected chi connectivity index (χ4v) is 6.57. The van der Waals surface area contributed by atoms with Gasteiger partial charge in [0, 0.05) is 23.2 Å². The van der Waals surface area contributed by atoms with Crippen LogP contribution < -0.4 is 5.32 Å². The molecule has 128 valence electrons. The molecule has 0 unspecified atom stereocenters. The average Bonchev–Trinajstić information content (AvgIpc) is 2.84. The van der Waals surface area contributed by atoms with Gasteiger partial charge in [-0.05, 0) is 81.6 Å². The first-order valence-corrected chi connectivity index (χ1v) is 9.60. The zero-order valence-electron chi connectivity index (χ0n) is 14.4. The molecule has 0 aliphatic heterocycles.